The molecule has 7 heteroatoms. The van der Waals surface area contributed by atoms with Gasteiger partial charge in [-0.1, -0.05) is 0 Å². The largest absolute Gasteiger partial charge is 0.390 e. The van der Waals surface area contributed by atoms with E-state index >= 15 is 0 Å². The average Bonchev–Trinajstić information content (AvgIpc) is 2.72. The first-order chi connectivity index (χ1) is 7.97. The second-order valence-corrected chi connectivity index (χ2v) is 4.52. The number of fused-ring (bicyclic) bond motifs is 1. The number of rotatable bonds is 3. The van der Waals surface area contributed by atoms with E-state index in [1.54, 1.807) is 7.05 Å². The predicted molar refractivity (Wildman–Crippen MR) is 61.4 cm³/mol. The standard InChI is InChI=1S/C10H10F3N3S/c1-16(4-3-10(11,12)13)8-7-2-5-17-9(7)15-6-14-8/h2,5-6H,3-4H2,1H3. The van der Waals surface area contributed by atoms with Crippen LogP contribution in [0.2, 0.25) is 0 Å². The summed E-state index contributed by atoms with van der Waals surface area (Å²) in [4.78, 5) is 10.4. The van der Waals surface area contributed by atoms with Crippen LogP contribution in [0.25, 0.3) is 10.2 Å². The quantitative estimate of drug-likeness (QED) is 0.850. The summed E-state index contributed by atoms with van der Waals surface area (Å²) >= 11 is 1.44. The molecule has 2 aromatic rings. The molecule has 3 nitrogen and oxygen atoms in total. The number of alkyl halides is 3. The molecule has 2 heterocycles. The molecule has 0 fully saturated rings. The molecule has 0 N–H and O–H groups in total. The summed E-state index contributed by atoms with van der Waals surface area (Å²) in [5.74, 6) is 0.542. The Labute approximate surface area is 99.9 Å². The highest BCUT2D eigenvalue weighted by Gasteiger charge is 2.27. The second-order valence-electron chi connectivity index (χ2n) is 3.62. The van der Waals surface area contributed by atoms with Crippen molar-refractivity contribution in [3.63, 3.8) is 0 Å². The molecule has 0 bridgehead atoms. The van der Waals surface area contributed by atoms with Gasteiger partial charge in [-0.2, -0.15) is 13.2 Å². The molecule has 0 saturated heterocycles. The number of anilines is 1. The van der Waals surface area contributed by atoms with Crippen molar-refractivity contribution in [1.29, 1.82) is 0 Å². The van der Waals surface area contributed by atoms with Crippen LogP contribution in [0.4, 0.5) is 19.0 Å². The molecule has 0 radical (unpaired) electrons. The minimum absolute atomic E-state index is 0.106. The molecule has 2 aromatic heterocycles. The van der Waals surface area contributed by atoms with Crippen LogP contribution in [0, 0.1) is 0 Å². The Hall–Kier alpha value is -1.37. The molecule has 17 heavy (non-hydrogen) atoms. The summed E-state index contributed by atoms with van der Waals surface area (Å²) in [6, 6.07) is 1.82. The van der Waals surface area contributed by atoms with E-state index in [0.29, 0.717) is 5.82 Å². The van der Waals surface area contributed by atoms with Crippen LogP contribution in [-0.4, -0.2) is 29.7 Å². The van der Waals surface area contributed by atoms with E-state index in [1.165, 1.54) is 22.6 Å². The van der Waals surface area contributed by atoms with Crippen LogP contribution in [0.5, 0.6) is 0 Å². The first-order valence-corrected chi connectivity index (χ1v) is 5.81. The van der Waals surface area contributed by atoms with Gasteiger partial charge in [0.25, 0.3) is 0 Å². The summed E-state index contributed by atoms with van der Waals surface area (Å²) in [5, 5.41) is 2.64. The van der Waals surface area contributed by atoms with E-state index in [9.17, 15) is 13.2 Å². The van der Waals surface area contributed by atoms with Gasteiger partial charge in [0.15, 0.2) is 0 Å². The van der Waals surface area contributed by atoms with E-state index in [0.717, 1.165) is 10.2 Å². The Balaban J connectivity index is 2.19. The molecule has 0 aliphatic rings. The van der Waals surface area contributed by atoms with Crippen molar-refractivity contribution in [2.75, 3.05) is 18.5 Å². The highest BCUT2D eigenvalue weighted by molar-refractivity contribution is 7.16. The summed E-state index contributed by atoms with van der Waals surface area (Å²) in [6.07, 6.45) is -3.62. The first kappa shape index (κ1) is 12.1. The Bertz CT molecular complexity index is 509. The van der Waals surface area contributed by atoms with Crippen molar-refractivity contribution in [2.24, 2.45) is 0 Å². The lowest BCUT2D eigenvalue weighted by atomic mass is 10.3. The third-order valence-electron chi connectivity index (χ3n) is 2.33. The van der Waals surface area contributed by atoms with Crippen molar-refractivity contribution in [2.45, 2.75) is 12.6 Å². The van der Waals surface area contributed by atoms with Crippen LogP contribution < -0.4 is 4.90 Å². The molecule has 0 saturated carbocycles. The molecule has 0 aliphatic heterocycles. The van der Waals surface area contributed by atoms with Crippen molar-refractivity contribution < 1.29 is 13.2 Å². The van der Waals surface area contributed by atoms with Gasteiger partial charge in [0, 0.05) is 13.6 Å². The maximum absolute atomic E-state index is 12.1. The number of hydrogen-bond donors (Lipinski definition) is 0. The molecule has 2 rings (SSSR count). The van der Waals surface area contributed by atoms with Crippen LogP contribution >= 0.6 is 11.3 Å². The van der Waals surface area contributed by atoms with Gasteiger partial charge in [0.2, 0.25) is 0 Å². The highest BCUT2D eigenvalue weighted by Crippen LogP contribution is 2.27. The minimum atomic E-state index is -4.14. The fourth-order valence-corrected chi connectivity index (χ4v) is 2.21. The minimum Gasteiger partial charge on any atom is -0.359 e. The smallest absolute Gasteiger partial charge is 0.359 e. The van der Waals surface area contributed by atoms with Crippen molar-refractivity contribution >= 4 is 27.4 Å². The number of thiophene rings is 1. The maximum atomic E-state index is 12.1. The van der Waals surface area contributed by atoms with E-state index in [-0.39, 0.29) is 6.54 Å². The molecular formula is C10H10F3N3S. The van der Waals surface area contributed by atoms with E-state index in [4.69, 9.17) is 0 Å². The van der Waals surface area contributed by atoms with Crippen LogP contribution in [-0.2, 0) is 0 Å². The fourth-order valence-electron chi connectivity index (χ4n) is 1.48. The topological polar surface area (TPSA) is 29.0 Å². The fraction of sp³-hybridized carbons (Fsp3) is 0.400. The average molecular weight is 261 g/mol. The zero-order valence-corrected chi connectivity index (χ0v) is 9.85. The SMILES string of the molecule is CN(CCC(F)(F)F)c1ncnc2sccc12. The number of halogens is 3. The van der Waals surface area contributed by atoms with Gasteiger partial charge in [-0.3, -0.25) is 0 Å². The predicted octanol–water partition coefficient (Wildman–Crippen LogP) is 3.08. The van der Waals surface area contributed by atoms with Gasteiger partial charge in [-0.05, 0) is 11.4 Å². The van der Waals surface area contributed by atoms with E-state index in [1.807, 2.05) is 11.4 Å². The monoisotopic (exact) mass is 261 g/mol. The maximum Gasteiger partial charge on any atom is 0.390 e. The molecule has 92 valence electrons. The Kier molecular flexibility index (Phi) is 3.19. The Morgan fingerprint density at radius 2 is 2.12 bits per heavy atom. The Morgan fingerprint density at radius 3 is 2.82 bits per heavy atom. The summed E-state index contributed by atoms with van der Waals surface area (Å²) in [7, 11) is 1.60. The molecular weight excluding hydrogens is 251 g/mol. The highest BCUT2D eigenvalue weighted by atomic mass is 32.1. The van der Waals surface area contributed by atoms with Gasteiger partial charge in [0.05, 0.1) is 11.8 Å². The van der Waals surface area contributed by atoms with E-state index < -0.39 is 12.6 Å². The molecule has 0 atom stereocenters. The zero-order valence-electron chi connectivity index (χ0n) is 9.03. The van der Waals surface area contributed by atoms with Crippen molar-refractivity contribution in [3.8, 4) is 0 Å². The van der Waals surface area contributed by atoms with E-state index in [2.05, 4.69) is 9.97 Å². The normalized spacial score (nSPS) is 12.0. The van der Waals surface area contributed by atoms with Gasteiger partial charge in [0.1, 0.15) is 17.0 Å². The first-order valence-electron chi connectivity index (χ1n) is 4.93. The number of hydrogen-bond acceptors (Lipinski definition) is 4. The summed E-state index contributed by atoms with van der Waals surface area (Å²) in [6.45, 7) is -0.106. The zero-order chi connectivity index (χ0) is 12.5. The lowest BCUT2D eigenvalue weighted by Gasteiger charge is -2.19. The summed E-state index contributed by atoms with van der Waals surface area (Å²) < 4.78 is 36.4. The van der Waals surface area contributed by atoms with Crippen LogP contribution in [0.3, 0.4) is 0 Å². The molecule has 0 aromatic carbocycles. The molecule has 0 spiro atoms. The van der Waals surface area contributed by atoms with Gasteiger partial charge in [-0.25, -0.2) is 9.97 Å². The van der Waals surface area contributed by atoms with Crippen molar-refractivity contribution in [1.82, 2.24) is 9.97 Å². The third kappa shape index (κ3) is 2.85. The second kappa shape index (κ2) is 4.48. The number of aromatic nitrogens is 2. The molecule has 0 aliphatic carbocycles. The lowest BCUT2D eigenvalue weighted by molar-refractivity contribution is -0.132. The van der Waals surface area contributed by atoms with Gasteiger partial charge < -0.3 is 4.90 Å². The van der Waals surface area contributed by atoms with Gasteiger partial charge in [-0.15, -0.1) is 11.3 Å². The molecule has 0 amide bonds. The Morgan fingerprint density at radius 1 is 1.35 bits per heavy atom. The summed E-state index contributed by atoms with van der Waals surface area (Å²) in [5.41, 5.74) is 0. The number of nitrogens with zero attached hydrogens (tertiary/aromatic N) is 3. The third-order valence-corrected chi connectivity index (χ3v) is 3.15. The van der Waals surface area contributed by atoms with Crippen LogP contribution in [0.1, 0.15) is 6.42 Å². The van der Waals surface area contributed by atoms with Crippen LogP contribution in [0.15, 0.2) is 17.8 Å². The molecule has 0 unspecified atom stereocenters. The van der Waals surface area contributed by atoms with Crippen molar-refractivity contribution in [3.05, 3.63) is 17.8 Å². The lowest BCUT2D eigenvalue weighted by Crippen LogP contribution is -2.24. The van der Waals surface area contributed by atoms with Gasteiger partial charge >= 0.3 is 6.18 Å².